The number of aliphatic hydroxyl groups excluding tert-OH is 1. The first-order valence-corrected chi connectivity index (χ1v) is 24.4. The lowest BCUT2D eigenvalue weighted by atomic mass is 9.74. The van der Waals surface area contributed by atoms with Gasteiger partial charge in [0.2, 0.25) is 11.8 Å². The summed E-state index contributed by atoms with van der Waals surface area (Å²) in [6, 6.07) is 2.38. The molecule has 3 fully saturated rings. The second kappa shape index (κ2) is 22.5. The summed E-state index contributed by atoms with van der Waals surface area (Å²) in [5.41, 5.74) is 0.352. The van der Waals surface area contributed by atoms with Crippen molar-refractivity contribution in [1.29, 1.82) is 0 Å². The number of esters is 1. The summed E-state index contributed by atoms with van der Waals surface area (Å²) >= 11 is 2.97. The van der Waals surface area contributed by atoms with E-state index >= 15 is 4.39 Å². The molecule has 2 aromatic heterocycles. The highest BCUT2D eigenvalue weighted by Crippen LogP contribution is 2.41. The van der Waals surface area contributed by atoms with Crippen LogP contribution in [-0.2, 0) is 54.3 Å². The van der Waals surface area contributed by atoms with E-state index in [1.165, 1.54) is 25.2 Å². The third kappa shape index (κ3) is 12.9. The van der Waals surface area contributed by atoms with E-state index in [1.54, 1.807) is 95.0 Å². The van der Waals surface area contributed by atoms with E-state index in [2.05, 4.69) is 25.4 Å². The molecule has 5 rings (SSSR count). The van der Waals surface area contributed by atoms with Crippen LogP contribution in [0.25, 0.3) is 10.6 Å². The molecular formula is C45H65FIN7O12S. The minimum absolute atomic E-state index is 0.0234. The van der Waals surface area contributed by atoms with Crippen molar-refractivity contribution >= 4 is 74.7 Å². The molecule has 5 N–H and O–H groups in total. The third-order valence-electron chi connectivity index (χ3n) is 12.5. The molecule has 3 aliphatic rings. The number of aliphatic imine (C=N–C) groups is 1. The quantitative estimate of drug-likeness (QED) is 0.0846. The Morgan fingerprint density at radius 2 is 1.85 bits per heavy atom. The first-order chi connectivity index (χ1) is 31.3. The fourth-order valence-corrected chi connectivity index (χ4v) is 9.92. The summed E-state index contributed by atoms with van der Waals surface area (Å²) in [6.45, 7) is 13.0. The number of nitrogens with one attached hydrogen (secondary N) is 1. The van der Waals surface area contributed by atoms with Crippen LogP contribution in [0.2, 0.25) is 0 Å². The summed E-state index contributed by atoms with van der Waals surface area (Å²) in [5.74, 6) is -6.19. The number of rotatable bonds is 10. The number of carbonyl (C=O) groups is 4. The minimum atomic E-state index is -3.25. The van der Waals surface area contributed by atoms with Crippen molar-refractivity contribution in [2.75, 3.05) is 32.6 Å². The number of halogens is 2. The second-order valence-electron chi connectivity index (χ2n) is 18.5. The highest BCUT2D eigenvalue weighted by atomic mass is 127. The van der Waals surface area contributed by atoms with E-state index < -0.39 is 99.2 Å². The Morgan fingerprint density at radius 1 is 1.15 bits per heavy atom. The number of aliphatic hydroxyl groups is 2. The lowest BCUT2D eigenvalue weighted by Gasteiger charge is -2.47. The predicted octanol–water partition coefficient (Wildman–Crippen LogP) is 4.39. The zero-order chi connectivity index (χ0) is 49.8. The van der Waals surface area contributed by atoms with Crippen LogP contribution in [0, 0.1) is 17.8 Å². The molecule has 3 saturated heterocycles. The summed E-state index contributed by atoms with van der Waals surface area (Å²) in [7, 11) is 3.61. The summed E-state index contributed by atoms with van der Waals surface area (Å²) in [6.07, 6.45) is -3.61. The Hall–Kier alpha value is -3.46. The summed E-state index contributed by atoms with van der Waals surface area (Å²) in [4.78, 5) is 74.6. The number of ketones is 1. The molecule has 22 heteroatoms. The number of hydrogen-bond donors (Lipinski definition) is 4. The number of oxime groups is 1. The van der Waals surface area contributed by atoms with Gasteiger partial charge in [-0.1, -0.05) is 32.9 Å². The summed E-state index contributed by atoms with van der Waals surface area (Å²) < 4.78 is 47.1. The Balaban J connectivity index is 1.59. The first-order valence-electron chi connectivity index (χ1n) is 22.3. The van der Waals surface area contributed by atoms with Crippen molar-refractivity contribution in [3.63, 3.8) is 0 Å². The van der Waals surface area contributed by atoms with Crippen LogP contribution in [0.3, 0.4) is 0 Å². The van der Waals surface area contributed by atoms with Gasteiger partial charge >= 0.3 is 5.97 Å². The molecule has 2 bridgehead atoms. The molecule has 19 nitrogen and oxygen atoms in total. The number of alkyl halides is 2. The van der Waals surface area contributed by atoms with Crippen molar-refractivity contribution in [2.24, 2.45) is 33.6 Å². The molecule has 0 aliphatic carbocycles. The van der Waals surface area contributed by atoms with Gasteiger partial charge < -0.3 is 54.7 Å². The van der Waals surface area contributed by atoms with Gasteiger partial charge in [0, 0.05) is 47.2 Å². The lowest BCUT2D eigenvalue weighted by molar-refractivity contribution is -0.296. The molecule has 0 spiro atoms. The Kier molecular flexibility index (Phi) is 18.3. The highest BCUT2D eigenvalue weighted by molar-refractivity contribution is 14.1. The van der Waals surface area contributed by atoms with Crippen LogP contribution in [0.15, 0.2) is 33.9 Å². The molecule has 3 aliphatic heterocycles. The zero-order valence-electron chi connectivity index (χ0n) is 39.9. The third-order valence-corrected chi connectivity index (χ3v) is 14.9. The van der Waals surface area contributed by atoms with Gasteiger partial charge in [-0.15, -0.1) is 11.3 Å². The van der Waals surface area contributed by atoms with E-state index in [1.807, 2.05) is 11.8 Å². The number of nitrogens with two attached hydrogens (primary N) is 1. The monoisotopic (exact) mass is 1070 g/mol. The van der Waals surface area contributed by atoms with Crippen molar-refractivity contribution in [2.45, 2.75) is 152 Å². The number of amides is 2. The van der Waals surface area contributed by atoms with E-state index in [0.717, 1.165) is 6.92 Å². The Morgan fingerprint density at radius 3 is 2.48 bits per heavy atom. The molecule has 0 saturated carbocycles. The number of cyclic esters (lactones) is 1. The Labute approximate surface area is 408 Å². The van der Waals surface area contributed by atoms with Crippen LogP contribution in [0.4, 0.5) is 10.2 Å². The normalized spacial score (nSPS) is 36.4. The van der Waals surface area contributed by atoms with Crippen molar-refractivity contribution in [1.82, 2.24) is 14.9 Å². The molecule has 0 aromatic carbocycles. The highest BCUT2D eigenvalue weighted by Gasteiger charge is 2.56. The molecule has 5 heterocycles. The molecule has 2 aromatic rings. The van der Waals surface area contributed by atoms with Crippen molar-refractivity contribution in [3.05, 3.63) is 29.4 Å². The molecule has 67 heavy (non-hydrogen) atoms. The molecule has 2 amide bonds. The maximum absolute atomic E-state index is 16.9. The van der Waals surface area contributed by atoms with Gasteiger partial charge in [0.05, 0.1) is 48.9 Å². The van der Waals surface area contributed by atoms with E-state index in [-0.39, 0.29) is 44.3 Å². The number of hydrogen-bond acceptors (Lipinski definition) is 18. The van der Waals surface area contributed by atoms with Gasteiger partial charge in [-0.05, 0) is 102 Å². The average Bonchev–Trinajstić information content (AvgIpc) is 3.73. The fraction of sp³-hybridized carbons (Fsp3) is 0.689. The number of ether oxygens (including phenoxy) is 5. The van der Waals surface area contributed by atoms with Gasteiger partial charge in [-0.25, -0.2) is 19.2 Å². The van der Waals surface area contributed by atoms with E-state index in [4.69, 9.17) is 34.3 Å². The smallest absolute Gasteiger partial charge is 0.352 e. The van der Waals surface area contributed by atoms with Crippen LogP contribution in [-0.4, -0.2) is 151 Å². The van der Waals surface area contributed by atoms with Gasteiger partial charge in [0.15, 0.2) is 22.8 Å². The number of aromatic nitrogens is 2. The van der Waals surface area contributed by atoms with Gasteiger partial charge in [0.1, 0.15) is 28.2 Å². The molecule has 0 radical (unpaired) electrons. The van der Waals surface area contributed by atoms with Gasteiger partial charge in [-0.2, -0.15) is 0 Å². The second-order valence-corrected chi connectivity index (χ2v) is 20.5. The Bertz CT molecular complexity index is 2140. The van der Waals surface area contributed by atoms with E-state index in [0.29, 0.717) is 34.2 Å². The largest absolute Gasteiger partial charge is 0.446 e. The minimum Gasteiger partial charge on any atom is -0.446 e. The number of Topliss-reactive ketones (excluding diaryl/α,β-unsaturated/α-hetero) is 1. The average molecular weight is 1070 g/mol. The van der Waals surface area contributed by atoms with E-state index in [9.17, 15) is 29.4 Å². The summed E-state index contributed by atoms with van der Waals surface area (Å²) in [5, 5.41) is 33.4. The number of anilines is 1. The molecule has 372 valence electrons. The number of carbonyl (C=O) groups excluding carboxylic acids is 4. The van der Waals surface area contributed by atoms with Crippen molar-refractivity contribution in [3.8, 4) is 10.6 Å². The van der Waals surface area contributed by atoms with Crippen LogP contribution in [0.5, 0.6) is 0 Å². The van der Waals surface area contributed by atoms with Crippen molar-refractivity contribution < 1.29 is 62.3 Å². The topological polar surface area (TPSA) is 256 Å². The first kappa shape index (κ1) is 54.5. The number of nitrogens with zero attached hydrogens (tertiary/aromatic N) is 5. The fourth-order valence-electron chi connectivity index (χ4n) is 8.59. The van der Waals surface area contributed by atoms with Gasteiger partial charge in [0.25, 0.3) is 5.67 Å². The van der Waals surface area contributed by atoms with Gasteiger partial charge in [-0.3, -0.25) is 19.4 Å². The SMILES string of the molecule is CCC(=O)N=C1[C@H](C)C[C@@]2(C)OC/C(=N/OCc3ccc(-c4nc(NC(=O)[C@H](C)N)cs4)cn3)CO[C@H]([C@H]1C)[C@](C)(O)[C@@H](I)OC(=O)[C@@](C)(F)C(=O)[C@H](C)[C@H]2O[C@@H]1O[C@H](C)C[C@H](N(C)C)[C@H]1O. The molecule has 14 atom stereocenters. The standard InChI is InChI=1S/C45H65FIN7O12S/c1-12-32(55)52-33-22(2)16-43(7)36(65-40-34(56)30(54(10)11)15-23(3)64-40)25(5)35(57)44(8,46)42(59)66-41(47)45(9,60)37(24(33)4)61-18-29(19-62-43)53-63-20-28-14-13-27(17-49-28)39-51-31(21-67-39)50-38(58)26(6)48/h13-14,17,21-26,30,34,36-37,40-41,56,60H,12,15-16,18-20,48H2,1-11H3,(H,50,58)/b52-33?,53-29+/t22-,23-,24+,25+,26+,30+,34-,36-,37-,40+,41+,43-,44+,45+/m1/s1. The maximum atomic E-state index is 16.9. The molecular weight excluding hydrogens is 1010 g/mol. The van der Waals surface area contributed by atoms with Crippen LogP contribution in [0.1, 0.15) is 87.3 Å². The predicted molar refractivity (Wildman–Crippen MR) is 255 cm³/mol. The van der Waals surface area contributed by atoms with Crippen LogP contribution < -0.4 is 11.1 Å². The number of fused-ring (bicyclic) bond motifs is 5. The number of thiazole rings is 1. The maximum Gasteiger partial charge on any atom is 0.352 e. The lowest BCUT2D eigenvalue weighted by Crippen LogP contribution is -2.61. The zero-order valence-corrected chi connectivity index (χ0v) is 42.8. The van der Waals surface area contributed by atoms with Crippen LogP contribution >= 0.6 is 33.9 Å². The molecule has 0 unspecified atom stereocenters. The number of pyridine rings is 1. The number of likely N-dealkylation sites (N-methyl/N-ethyl adjacent to an activating group) is 1.